The first kappa shape index (κ1) is 25.1. The van der Waals surface area contributed by atoms with E-state index in [9.17, 15) is 0 Å². The first-order valence-electron chi connectivity index (χ1n) is 17.1. The minimum absolute atomic E-state index is 0. The molecule has 0 unspecified atom stereocenters. The van der Waals surface area contributed by atoms with Gasteiger partial charge in [-0.1, -0.05) is 102 Å². The van der Waals surface area contributed by atoms with Crippen LogP contribution < -0.4 is 0 Å². The number of aromatic nitrogens is 2. The minimum Gasteiger partial charge on any atom is -0.500 e. The second-order valence-corrected chi connectivity index (χ2v) is 10.4. The van der Waals surface area contributed by atoms with Gasteiger partial charge in [0, 0.05) is 44.7 Å². The summed E-state index contributed by atoms with van der Waals surface area (Å²) in [6, 6.07) is 50.0. The Morgan fingerprint density at radius 1 is 0.652 bits per heavy atom. The van der Waals surface area contributed by atoms with Gasteiger partial charge in [-0.15, -0.1) is 59.7 Å². The number of para-hydroxylation sites is 1. The molecule has 46 heavy (non-hydrogen) atoms. The third-order valence-electron chi connectivity index (χ3n) is 7.40. The molecule has 0 bridgehead atoms. The van der Waals surface area contributed by atoms with Crippen LogP contribution in [0.2, 0.25) is 0 Å². The fourth-order valence-corrected chi connectivity index (χ4v) is 5.11. The Bertz CT molecular complexity index is 2320. The van der Waals surface area contributed by atoms with E-state index in [1.54, 1.807) is 36.4 Å². The second-order valence-electron chi connectivity index (χ2n) is 10.4. The van der Waals surface area contributed by atoms with Crippen molar-refractivity contribution < 1.29 is 31.4 Å². The topological polar surface area (TPSA) is 38.9 Å². The van der Waals surface area contributed by atoms with Crippen molar-refractivity contribution >= 4 is 21.9 Å². The molecule has 225 valence electrons. The average Bonchev–Trinajstić information content (AvgIpc) is 3.54. The maximum atomic E-state index is 8.77. The largest absolute Gasteiger partial charge is 0.500 e. The number of pyridine rings is 2. The van der Waals surface area contributed by atoms with Crippen molar-refractivity contribution in [3.05, 3.63) is 181 Å². The molecule has 0 aliphatic carbocycles. The monoisotopic (exact) mass is 776 g/mol. The second kappa shape index (κ2) is 14.3. The number of aryl methyl sites for hydroxylation is 1. The Morgan fingerprint density at radius 3 is 2.17 bits per heavy atom. The van der Waals surface area contributed by atoms with Crippen LogP contribution in [-0.2, 0) is 26.5 Å². The molecule has 0 aliphatic rings. The molecule has 4 heteroatoms. The molecule has 0 saturated heterocycles. The van der Waals surface area contributed by atoms with E-state index >= 15 is 0 Å². The Balaban J connectivity index is 0.000000200. The summed E-state index contributed by atoms with van der Waals surface area (Å²) in [6.45, 7) is -2.50. The molecule has 0 amide bonds. The summed E-state index contributed by atoms with van der Waals surface area (Å²) < 4.78 is 47.1. The van der Waals surface area contributed by atoms with Crippen molar-refractivity contribution in [2.45, 2.75) is 13.2 Å². The quantitative estimate of drug-likeness (QED) is 0.164. The van der Waals surface area contributed by atoms with Crippen molar-refractivity contribution in [3.63, 3.8) is 0 Å². The van der Waals surface area contributed by atoms with E-state index in [4.69, 9.17) is 11.3 Å². The maximum absolute atomic E-state index is 8.77. The van der Waals surface area contributed by atoms with E-state index in [0.717, 1.165) is 33.2 Å². The van der Waals surface area contributed by atoms with Crippen molar-refractivity contribution in [1.29, 1.82) is 0 Å². The van der Waals surface area contributed by atoms with Crippen LogP contribution in [0.4, 0.5) is 0 Å². The summed E-state index contributed by atoms with van der Waals surface area (Å²) in [6.07, 6.45) is 1.14. The molecule has 5 aromatic carbocycles. The van der Waals surface area contributed by atoms with Crippen LogP contribution in [0.25, 0.3) is 55.6 Å². The number of furan rings is 1. The van der Waals surface area contributed by atoms with Crippen LogP contribution in [0.1, 0.15) is 23.5 Å². The molecule has 3 aromatic heterocycles. The SMILES string of the molecule is [2H]C([2H])([2H])c1cnc(-c2[c-]cc3oc4ccccc4c3c2)cc1C([2H])([2H])c1ccccc1.[Ir].[c-]1ccccc1-c1ccc(-c2ccccc2)cn1. The Labute approximate surface area is 290 Å². The maximum Gasteiger partial charge on any atom is 0.120 e. The van der Waals surface area contributed by atoms with Crippen molar-refractivity contribution in [3.8, 4) is 33.6 Å². The van der Waals surface area contributed by atoms with E-state index in [1.165, 1.54) is 17.8 Å². The number of nitrogens with zero attached hydrogens (tertiary/aromatic N) is 2. The third-order valence-corrected chi connectivity index (χ3v) is 7.40. The van der Waals surface area contributed by atoms with Gasteiger partial charge in [0.25, 0.3) is 0 Å². The predicted molar refractivity (Wildman–Crippen MR) is 184 cm³/mol. The van der Waals surface area contributed by atoms with Gasteiger partial charge in [-0.3, -0.25) is 0 Å². The molecule has 0 spiro atoms. The zero-order valence-electron chi connectivity index (χ0n) is 29.6. The van der Waals surface area contributed by atoms with Gasteiger partial charge in [-0.25, -0.2) is 0 Å². The van der Waals surface area contributed by atoms with Crippen LogP contribution >= 0.6 is 0 Å². The number of hydrogen-bond donors (Lipinski definition) is 0. The van der Waals surface area contributed by atoms with E-state index in [2.05, 4.69) is 40.3 Å². The van der Waals surface area contributed by atoms with Gasteiger partial charge in [-0.05, 0) is 58.5 Å². The Hall–Kier alpha value is -5.15. The number of fused-ring (bicyclic) bond motifs is 3. The zero-order valence-corrected chi connectivity index (χ0v) is 27.0. The van der Waals surface area contributed by atoms with Gasteiger partial charge < -0.3 is 14.4 Å². The first-order valence-corrected chi connectivity index (χ1v) is 14.6. The van der Waals surface area contributed by atoms with Gasteiger partial charge in [0.1, 0.15) is 5.58 Å². The van der Waals surface area contributed by atoms with Crippen molar-refractivity contribution in [2.75, 3.05) is 0 Å². The fourth-order valence-electron chi connectivity index (χ4n) is 5.11. The van der Waals surface area contributed by atoms with Gasteiger partial charge >= 0.3 is 0 Å². The average molecular weight is 776 g/mol. The Morgan fingerprint density at radius 2 is 1.41 bits per heavy atom. The van der Waals surface area contributed by atoms with E-state index < -0.39 is 13.2 Å². The third kappa shape index (κ3) is 6.89. The first-order chi connectivity index (χ1) is 24.2. The molecule has 3 nitrogen and oxygen atoms in total. The predicted octanol–water partition coefficient (Wildman–Crippen LogP) is 10.6. The smallest absolute Gasteiger partial charge is 0.120 e. The van der Waals surface area contributed by atoms with Crippen molar-refractivity contribution in [1.82, 2.24) is 9.97 Å². The van der Waals surface area contributed by atoms with Crippen LogP contribution in [0, 0.1) is 19.0 Å². The van der Waals surface area contributed by atoms with E-state index in [-0.39, 0.29) is 31.2 Å². The molecule has 8 rings (SSSR count). The van der Waals surface area contributed by atoms with Crippen LogP contribution in [0.15, 0.2) is 156 Å². The molecule has 0 atom stereocenters. The van der Waals surface area contributed by atoms with Gasteiger partial charge in [0.05, 0.1) is 5.58 Å². The molecule has 0 N–H and O–H groups in total. The Kier molecular flexibility index (Phi) is 7.80. The van der Waals surface area contributed by atoms with Crippen molar-refractivity contribution in [2.24, 2.45) is 0 Å². The van der Waals surface area contributed by atoms with E-state index in [0.29, 0.717) is 22.4 Å². The zero-order chi connectivity index (χ0) is 34.7. The summed E-state index contributed by atoms with van der Waals surface area (Å²) >= 11 is 0. The van der Waals surface area contributed by atoms with Gasteiger partial charge in [-0.2, -0.15) is 0 Å². The molecular formula is C42H30IrN2O-2. The van der Waals surface area contributed by atoms with E-state index in [1.807, 2.05) is 85.1 Å². The number of hydrogen-bond acceptors (Lipinski definition) is 3. The van der Waals surface area contributed by atoms with Gasteiger partial charge in [0.15, 0.2) is 0 Å². The minimum atomic E-state index is -2.50. The normalized spacial score (nSPS) is 12.8. The summed E-state index contributed by atoms with van der Waals surface area (Å²) in [7, 11) is 0. The summed E-state index contributed by atoms with van der Waals surface area (Å²) in [5.41, 5.74) is 7.17. The summed E-state index contributed by atoms with van der Waals surface area (Å²) in [5, 5.41) is 1.85. The summed E-state index contributed by atoms with van der Waals surface area (Å²) in [4.78, 5) is 8.86. The fraction of sp³-hybridized carbons (Fsp3) is 0.0476. The molecule has 1 radical (unpaired) electrons. The van der Waals surface area contributed by atoms with Crippen LogP contribution in [0.3, 0.4) is 0 Å². The molecule has 8 aromatic rings. The van der Waals surface area contributed by atoms with Crippen LogP contribution in [-0.4, -0.2) is 9.97 Å². The standard InChI is InChI=1S/C25H18NO.C17H12N.Ir/c1-17-16-26-23(15-20(17)13-18-7-3-2-4-8-18)19-11-12-25-22(14-19)21-9-5-6-10-24(21)27-25;1-3-7-14(8-4-1)16-11-12-17(18-13-16)15-9-5-2-6-10-15;/h2-10,12,14-16H,13H2,1H3;1-9,11-13H;/q2*-1;/i1D3,13D2;;. The molecule has 0 saturated carbocycles. The summed E-state index contributed by atoms with van der Waals surface area (Å²) in [5.74, 6) is 0. The number of rotatable bonds is 5. The number of benzene rings is 5. The molecular weight excluding hydrogens is 741 g/mol. The molecule has 3 heterocycles. The molecule has 0 fully saturated rings. The molecule has 0 aliphatic heterocycles. The van der Waals surface area contributed by atoms with Gasteiger partial charge in [0.2, 0.25) is 0 Å². The van der Waals surface area contributed by atoms with Crippen LogP contribution in [0.5, 0.6) is 0 Å².